The molecule has 2 aliphatic rings. The fourth-order valence-electron chi connectivity index (χ4n) is 4.89. The van der Waals surface area contributed by atoms with Gasteiger partial charge in [0.2, 0.25) is 0 Å². The first-order valence-electron chi connectivity index (χ1n) is 10.7. The monoisotopic (exact) mass is 427 g/mol. The maximum absolute atomic E-state index is 13.4. The van der Waals surface area contributed by atoms with Crippen LogP contribution in [0, 0.1) is 5.92 Å². The van der Waals surface area contributed by atoms with Gasteiger partial charge in [0.1, 0.15) is 0 Å². The zero-order valence-electron chi connectivity index (χ0n) is 17.8. The summed E-state index contributed by atoms with van der Waals surface area (Å²) in [6.45, 7) is 0. The summed E-state index contributed by atoms with van der Waals surface area (Å²) in [6.07, 6.45) is 7.33. The van der Waals surface area contributed by atoms with Crippen molar-refractivity contribution in [1.29, 1.82) is 0 Å². The van der Waals surface area contributed by atoms with E-state index in [1.54, 1.807) is 4.57 Å². The van der Waals surface area contributed by atoms with Crippen molar-refractivity contribution in [2.45, 2.75) is 30.3 Å². The smallest absolute Gasteiger partial charge is 0.259 e. The second-order valence-electron chi connectivity index (χ2n) is 8.16. The van der Waals surface area contributed by atoms with Gasteiger partial charge in [-0.05, 0) is 48.3 Å². The topological polar surface area (TPSA) is 47.2 Å². The van der Waals surface area contributed by atoms with Crippen molar-refractivity contribution in [3.63, 3.8) is 0 Å². The Kier molecular flexibility index (Phi) is 5.36. The third-order valence-corrected chi connectivity index (χ3v) is 7.06. The van der Waals surface area contributed by atoms with Crippen LogP contribution in [0.15, 0.2) is 81.2 Å². The quantitative estimate of drug-likeness (QED) is 0.403. The SMILES string of the molecule is CSc1nc2c(c(=O)n1C)C(c1ccccc1)C1CCCC(=Cc3ccccc3)C1=N2. The van der Waals surface area contributed by atoms with Gasteiger partial charge in [-0.15, -0.1) is 0 Å². The molecule has 0 amide bonds. The van der Waals surface area contributed by atoms with Crippen LogP contribution in [0.3, 0.4) is 0 Å². The number of rotatable bonds is 3. The van der Waals surface area contributed by atoms with Crippen LogP contribution in [0.25, 0.3) is 6.08 Å². The Morgan fingerprint density at radius 1 is 1.06 bits per heavy atom. The van der Waals surface area contributed by atoms with Crippen LogP contribution in [0.2, 0.25) is 0 Å². The Labute approximate surface area is 186 Å². The molecule has 1 aliphatic heterocycles. The Balaban J connectivity index is 1.74. The van der Waals surface area contributed by atoms with Crippen LogP contribution in [0.4, 0.5) is 5.82 Å². The van der Waals surface area contributed by atoms with E-state index >= 15 is 0 Å². The molecule has 1 fully saturated rings. The molecule has 1 aliphatic carbocycles. The predicted molar refractivity (Wildman–Crippen MR) is 128 cm³/mol. The lowest BCUT2D eigenvalue weighted by atomic mass is 9.69. The van der Waals surface area contributed by atoms with Gasteiger partial charge in [-0.2, -0.15) is 0 Å². The van der Waals surface area contributed by atoms with Gasteiger partial charge < -0.3 is 0 Å². The van der Waals surface area contributed by atoms with Gasteiger partial charge in [0.15, 0.2) is 11.0 Å². The van der Waals surface area contributed by atoms with E-state index in [9.17, 15) is 4.79 Å². The lowest BCUT2D eigenvalue weighted by Gasteiger charge is -2.37. The van der Waals surface area contributed by atoms with Crippen molar-refractivity contribution in [3.05, 3.63) is 93.3 Å². The molecule has 1 saturated carbocycles. The number of nitrogens with zero attached hydrogens (tertiary/aromatic N) is 3. The van der Waals surface area contributed by atoms with Gasteiger partial charge >= 0.3 is 0 Å². The van der Waals surface area contributed by atoms with E-state index in [1.807, 2.05) is 25.4 Å². The minimum atomic E-state index is -0.0229. The zero-order valence-corrected chi connectivity index (χ0v) is 18.6. The highest BCUT2D eigenvalue weighted by molar-refractivity contribution is 7.98. The summed E-state index contributed by atoms with van der Waals surface area (Å²) in [5.74, 6) is 0.756. The number of thioether (sulfide) groups is 1. The molecule has 2 aromatic carbocycles. The lowest BCUT2D eigenvalue weighted by molar-refractivity contribution is 0.496. The molecule has 0 bridgehead atoms. The highest BCUT2D eigenvalue weighted by Crippen LogP contribution is 2.46. The first kappa shape index (κ1) is 20.0. The molecular formula is C26H25N3OS. The molecular weight excluding hydrogens is 402 g/mol. The summed E-state index contributed by atoms with van der Waals surface area (Å²) in [4.78, 5) is 23.3. The Morgan fingerprint density at radius 3 is 2.48 bits per heavy atom. The molecule has 5 rings (SSSR count). The molecule has 0 spiro atoms. The van der Waals surface area contributed by atoms with Gasteiger partial charge in [0.05, 0.1) is 11.3 Å². The maximum Gasteiger partial charge on any atom is 0.259 e. The van der Waals surface area contributed by atoms with Crippen LogP contribution in [0.5, 0.6) is 0 Å². The number of allylic oxidation sites excluding steroid dienone is 1. The summed E-state index contributed by atoms with van der Waals surface area (Å²) in [7, 11) is 1.81. The molecule has 2 unspecified atom stereocenters. The summed E-state index contributed by atoms with van der Waals surface area (Å²) in [5.41, 5.74) is 5.47. The van der Waals surface area contributed by atoms with Crippen molar-refractivity contribution >= 4 is 29.4 Å². The van der Waals surface area contributed by atoms with Crippen molar-refractivity contribution < 1.29 is 0 Å². The number of aliphatic imine (C=N–C) groups is 1. The standard InChI is InChI=1S/C26H25N3OS/c1-29-25(30)22-21(18-12-7-4-8-13-18)20-15-9-14-19(16-17-10-5-3-6-11-17)23(20)27-24(22)28-26(29)31-2/h3-8,10-13,16,20-21H,9,14-15H2,1-2H3. The molecule has 1 aromatic heterocycles. The number of benzene rings is 2. The van der Waals surface area contributed by atoms with Crippen LogP contribution < -0.4 is 5.56 Å². The molecule has 0 radical (unpaired) electrons. The third-order valence-electron chi connectivity index (χ3n) is 6.33. The Bertz CT molecular complexity index is 1230. The molecule has 0 saturated heterocycles. The summed E-state index contributed by atoms with van der Waals surface area (Å²) < 4.78 is 1.67. The van der Waals surface area contributed by atoms with E-state index in [1.165, 1.54) is 22.9 Å². The first-order chi connectivity index (χ1) is 15.2. The fourth-order valence-corrected chi connectivity index (χ4v) is 5.43. The van der Waals surface area contributed by atoms with Gasteiger partial charge in [-0.1, -0.05) is 72.4 Å². The molecule has 4 nitrogen and oxygen atoms in total. The highest BCUT2D eigenvalue weighted by Gasteiger charge is 2.40. The molecule has 5 heteroatoms. The largest absolute Gasteiger partial charge is 0.290 e. The molecule has 31 heavy (non-hydrogen) atoms. The molecule has 2 atom stereocenters. The van der Waals surface area contributed by atoms with Gasteiger partial charge in [0.25, 0.3) is 5.56 Å². The van der Waals surface area contributed by atoms with E-state index in [2.05, 4.69) is 54.6 Å². The Morgan fingerprint density at radius 2 is 1.77 bits per heavy atom. The number of fused-ring (bicyclic) bond motifs is 2. The van der Waals surface area contributed by atoms with Gasteiger partial charge in [0, 0.05) is 18.9 Å². The second-order valence-corrected chi connectivity index (χ2v) is 8.94. The van der Waals surface area contributed by atoms with Gasteiger partial charge in [-0.3, -0.25) is 9.36 Å². The van der Waals surface area contributed by atoms with Crippen molar-refractivity contribution in [1.82, 2.24) is 9.55 Å². The van der Waals surface area contributed by atoms with Crippen LogP contribution in [-0.4, -0.2) is 21.5 Å². The summed E-state index contributed by atoms with van der Waals surface area (Å²) in [6, 6.07) is 20.8. The van der Waals surface area contributed by atoms with Crippen LogP contribution in [0.1, 0.15) is 41.9 Å². The van der Waals surface area contributed by atoms with Crippen molar-refractivity contribution in [2.24, 2.45) is 18.0 Å². The van der Waals surface area contributed by atoms with E-state index in [0.717, 1.165) is 36.1 Å². The number of hydrogen-bond acceptors (Lipinski definition) is 4. The number of aromatic nitrogens is 2. The van der Waals surface area contributed by atoms with Crippen LogP contribution in [-0.2, 0) is 7.05 Å². The van der Waals surface area contributed by atoms with E-state index in [-0.39, 0.29) is 17.4 Å². The average molecular weight is 428 g/mol. The molecule has 2 heterocycles. The van der Waals surface area contributed by atoms with E-state index in [4.69, 9.17) is 9.98 Å². The third kappa shape index (κ3) is 3.57. The molecule has 156 valence electrons. The van der Waals surface area contributed by atoms with Crippen LogP contribution >= 0.6 is 11.8 Å². The molecule has 3 aromatic rings. The fraction of sp³-hybridized carbons (Fsp3) is 0.269. The van der Waals surface area contributed by atoms with Crippen molar-refractivity contribution in [3.8, 4) is 0 Å². The first-order valence-corrected chi connectivity index (χ1v) is 11.9. The average Bonchev–Trinajstić information content (AvgIpc) is 2.81. The normalized spacial score (nSPS) is 21.4. The lowest BCUT2D eigenvalue weighted by Crippen LogP contribution is -2.36. The second kappa shape index (κ2) is 8.31. The maximum atomic E-state index is 13.4. The zero-order chi connectivity index (χ0) is 21.4. The highest BCUT2D eigenvalue weighted by atomic mass is 32.2. The van der Waals surface area contributed by atoms with Crippen molar-refractivity contribution in [2.75, 3.05) is 6.26 Å². The number of hydrogen-bond donors (Lipinski definition) is 0. The predicted octanol–water partition coefficient (Wildman–Crippen LogP) is 5.60. The van der Waals surface area contributed by atoms with Gasteiger partial charge in [-0.25, -0.2) is 9.98 Å². The van der Waals surface area contributed by atoms with E-state index < -0.39 is 0 Å². The summed E-state index contributed by atoms with van der Waals surface area (Å²) in [5, 5.41) is 0.697. The minimum Gasteiger partial charge on any atom is -0.290 e. The minimum absolute atomic E-state index is 0.0187. The summed E-state index contributed by atoms with van der Waals surface area (Å²) >= 11 is 1.48. The Hall–Kier alpha value is -2.92. The molecule has 0 N–H and O–H groups in total. The van der Waals surface area contributed by atoms with E-state index in [0.29, 0.717) is 11.0 Å².